The molecule has 0 saturated heterocycles. The van der Waals surface area contributed by atoms with Crippen molar-refractivity contribution >= 4 is 45.0 Å². The molecule has 0 spiro atoms. The molecule has 1 aliphatic carbocycles. The van der Waals surface area contributed by atoms with Crippen molar-refractivity contribution in [2.45, 2.75) is 50.7 Å². The fourth-order valence-corrected chi connectivity index (χ4v) is 5.40. The smallest absolute Gasteiger partial charge is 0.263 e. The van der Waals surface area contributed by atoms with E-state index in [9.17, 15) is 9.59 Å². The number of carbonyl (C=O) groups excluding carboxylic acids is 1. The Hall–Kier alpha value is -2.13. The van der Waals surface area contributed by atoms with E-state index in [2.05, 4.69) is 10.5 Å². The molecule has 7 nitrogen and oxygen atoms in total. The molecule has 4 rings (SSSR count). The summed E-state index contributed by atoms with van der Waals surface area (Å²) in [6, 6.07) is 1.74. The molecular weight excluding hydrogens is 384 g/mol. The van der Waals surface area contributed by atoms with Crippen LogP contribution in [0.3, 0.4) is 0 Å². The van der Waals surface area contributed by atoms with Crippen molar-refractivity contribution < 1.29 is 9.32 Å². The van der Waals surface area contributed by atoms with Crippen molar-refractivity contribution in [3.05, 3.63) is 33.1 Å². The van der Waals surface area contributed by atoms with Crippen molar-refractivity contribution in [2.24, 2.45) is 0 Å². The molecule has 3 aromatic rings. The Morgan fingerprint density at radius 1 is 1.41 bits per heavy atom. The summed E-state index contributed by atoms with van der Waals surface area (Å²) < 4.78 is 6.54. The zero-order valence-electron chi connectivity index (χ0n) is 15.2. The normalized spacial score (nSPS) is 14.9. The molecule has 3 heterocycles. The van der Waals surface area contributed by atoms with Crippen molar-refractivity contribution in [1.29, 1.82) is 0 Å². The van der Waals surface area contributed by atoms with Gasteiger partial charge in [-0.05, 0) is 32.3 Å². The summed E-state index contributed by atoms with van der Waals surface area (Å²) in [5.41, 5.74) is 1.03. The van der Waals surface area contributed by atoms with Crippen LogP contribution in [0, 0.1) is 13.8 Å². The average Bonchev–Trinajstić information content (AvgIpc) is 3.37. The molecule has 1 N–H and O–H groups in total. The molecule has 0 bridgehead atoms. The van der Waals surface area contributed by atoms with Crippen LogP contribution in [0.2, 0.25) is 0 Å². The van der Waals surface area contributed by atoms with E-state index in [1.54, 1.807) is 6.07 Å². The standard InChI is InChI=1S/C18H20N4O3S2/c1-10-11(2)27-16-15(10)17(24)22(12-5-3-4-6-12)18(20-16)26-9-14(23)19-13-7-8-25-21-13/h7-8,12H,3-6,9H2,1-2H3,(H,19,21,23). The molecule has 1 aliphatic rings. The lowest BCUT2D eigenvalue weighted by molar-refractivity contribution is -0.113. The number of hydrogen-bond acceptors (Lipinski definition) is 7. The fourth-order valence-electron chi connectivity index (χ4n) is 3.46. The van der Waals surface area contributed by atoms with E-state index in [-0.39, 0.29) is 23.3 Å². The van der Waals surface area contributed by atoms with Crippen LogP contribution in [0.5, 0.6) is 0 Å². The maximum Gasteiger partial charge on any atom is 0.263 e. The summed E-state index contributed by atoms with van der Waals surface area (Å²) in [4.78, 5) is 32.1. The first kappa shape index (κ1) is 18.2. The molecule has 0 aliphatic heterocycles. The van der Waals surface area contributed by atoms with Crippen LogP contribution >= 0.6 is 23.1 Å². The van der Waals surface area contributed by atoms with Crippen molar-refractivity contribution in [2.75, 3.05) is 11.1 Å². The maximum atomic E-state index is 13.3. The fraction of sp³-hybridized carbons (Fsp3) is 0.444. The number of fused-ring (bicyclic) bond motifs is 1. The molecule has 1 amide bonds. The largest absolute Gasteiger partial charge is 0.363 e. The Bertz CT molecular complexity index is 1030. The minimum Gasteiger partial charge on any atom is -0.363 e. The summed E-state index contributed by atoms with van der Waals surface area (Å²) in [6.45, 7) is 3.99. The van der Waals surface area contributed by atoms with Crippen LogP contribution in [-0.2, 0) is 4.79 Å². The number of nitrogens with one attached hydrogen (secondary N) is 1. The molecule has 1 fully saturated rings. The second-order valence-corrected chi connectivity index (χ2v) is 8.84. The topological polar surface area (TPSA) is 90.0 Å². The first-order chi connectivity index (χ1) is 13.0. The molecular formula is C18H20N4O3S2. The van der Waals surface area contributed by atoms with Gasteiger partial charge in [-0.2, -0.15) is 0 Å². The van der Waals surface area contributed by atoms with Gasteiger partial charge in [0.1, 0.15) is 11.1 Å². The second kappa shape index (κ2) is 7.47. The Balaban J connectivity index is 1.66. The summed E-state index contributed by atoms with van der Waals surface area (Å²) >= 11 is 2.83. The maximum absolute atomic E-state index is 13.3. The number of hydrogen-bond donors (Lipinski definition) is 1. The number of thioether (sulfide) groups is 1. The van der Waals surface area contributed by atoms with Crippen molar-refractivity contribution in [3.63, 3.8) is 0 Å². The van der Waals surface area contributed by atoms with Crippen LogP contribution in [-0.4, -0.2) is 26.4 Å². The monoisotopic (exact) mass is 404 g/mol. The molecule has 3 aromatic heterocycles. The third kappa shape index (κ3) is 3.53. The SMILES string of the molecule is Cc1sc2nc(SCC(=O)Nc3ccon3)n(C3CCCC3)c(=O)c2c1C. The molecule has 142 valence electrons. The highest BCUT2D eigenvalue weighted by Gasteiger charge is 2.25. The Morgan fingerprint density at radius 2 is 2.19 bits per heavy atom. The summed E-state index contributed by atoms with van der Waals surface area (Å²) in [6.07, 6.45) is 5.60. The summed E-state index contributed by atoms with van der Waals surface area (Å²) in [7, 11) is 0. The van der Waals surface area contributed by atoms with Crippen LogP contribution in [0.25, 0.3) is 10.2 Å². The van der Waals surface area contributed by atoms with Crippen LogP contribution in [0.4, 0.5) is 5.82 Å². The zero-order chi connectivity index (χ0) is 19.0. The van der Waals surface area contributed by atoms with E-state index in [1.807, 2.05) is 18.4 Å². The van der Waals surface area contributed by atoms with Gasteiger partial charge in [-0.3, -0.25) is 14.2 Å². The number of anilines is 1. The van der Waals surface area contributed by atoms with E-state index >= 15 is 0 Å². The third-order valence-electron chi connectivity index (χ3n) is 4.93. The molecule has 1 saturated carbocycles. The third-order valence-corrected chi connectivity index (χ3v) is 6.98. The quantitative estimate of drug-likeness (QED) is 0.512. The highest BCUT2D eigenvalue weighted by atomic mass is 32.2. The van der Waals surface area contributed by atoms with Gasteiger partial charge in [0, 0.05) is 17.0 Å². The lowest BCUT2D eigenvalue weighted by Crippen LogP contribution is -2.27. The molecule has 0 aromatic carbocycles. The van der Waals surface area contributed by atoms with Gasteiger partial charge in [0.25, 0.3) is 5.56 Å². The molecule has 27 heavy (non-hydrogen) atoms. The van der Waals surface area contributed by atoms with Gasteiger partial charge < -0.3 is 9.84 Å². The van der Waals surface area contributed by atoms with Gasteiger partial charge in [0.2, 0.25) is 5.91 Å². The van der Waals surface area contributed by atoms with Crippen LogP contribution in [0.15, 0.2) is 26.8 Å². The summed E-state index contributed by atoms with van der Waals surface area (Å²) in [5, 5.41) is 7.69. The van der Waals surface area contributed by atoms with E-state index in [0.29, 0.717) is 11.0 Å². The molecule has 0 radical (unpaired) electrons. The van der Waals surface area contributed by atoms with Crippen molar-refractivity contribution in [3.8, 4) is 0 Å². The lowest BCUT2D eigenvalue weighted by Gasteiger charge is -2.17. The summed E-state index contributed by atoms with van der Waals surface area (Å²) in [5.74, 6) is 0.322. The lowest BCUT2D eigenvalue weighted by atomic mass is 10.2. The first-order valence-electron chi connectivity index (χ1n) is 8.90. The van der Waals surface area contributed by atoms with Crippen LogP contribution < -0.4 is 10.9 Å². The molecule has 9 heteroatoms. The highest BCUT2D eigenvalue weighted by molar-refractivity contribution is 7.99. The highest BCUT2D eigenvalue weighted by Crippen LogP contribution is 2.34. The van der Waals surface area contributed by atoms with Crippen molar-refractivity contribution in [1.82, 2.24) is 14.7 Å². The van der Waals surface area contributed by atoms with E-state index < -0.39 is 0 Å². The Kier molecular flexibility index (Phi) is 5.05. The van der Waals surface area contributed by atoms with Gasteiger partial charge in [-0.1, -0.05) is 29.8 Å². The van der Waals surface area contributed by atoms with Gasteiger partial charge in [-0.15, -0.1) is 11.3 Å². The number of aryl methyl sites for hydroxylation is 2. The number of nitrogens with zero attached hydrogens (tertiary/aromatic N) is 3. The minimum absolute atomic E-state index is 0.0214. The molecule has 0 unspecified atom stereocenters. The molecule has 0 atom stereocenters. The van der Waals surface area contributed by atoms with Gasteiger partial charge in [0.05, 0.1) is 11.1 Å². The van der Waals surface area contributed by atoms with Gasteiger partial charge in [0.15, 0.2) is 11.0 Å². The Labute approximate surface area is 164 Å². The first-order valence-corrected chi connectivity index (χ1v) is 10.7. The average molecular weight is 405 g/mol. The van der Waals surface area contributed by atoms with E-state index in [4.69, 9.17) is 9.51 Å². The van der Waals surface area contributed by atoms with Gasteiger partial charge >= 0.3 is 0 Å². The Morgan fingerprint density at radius 3 is 2.89 bits per heavy atom. The predicted octanol–water partition coefficient (Wildman–Crippen LogP) is 3.91. The van der Waals surface area contributed by atoms with Gasteiger partial charge in [-0.25, -0.2) is 4.98 Å². The number of aromatic nitrogens is 3. The van der Waals surface area contributed by atoms with Crippen LogP contribution in [0.1, 0.15) is 42.2 Å². The number of rotatable bonds is 5. The second-order valence-electron chi connectivity index (χ2n) is 6.69. The number of thiophene rings is 1. The van der Waals surface area contributed by atoms with E-state index in [0.717, 1.165) is 46.3 Å². The number of amides is 1. The predicted molar refractivity (Wildman–Crippen MR) is 107 cm³/mol. The number of carbonyl (C=O) groups is 1. The minimum atomic E-state index is -0.209. The van der Waals surface area contributed by atoms with E-state index in [1.165, 1.54) is 29.4 Å². The zero-order valence-corrected chi connectivity index (χ0v) is 16.8.